The Morgan fingerprint density at radius 2 is 1.76 bits per heavy atom. The first kappa shape index (κ1) is 18.9. The fourth-order valence-corrected chi connectivity index (χ4v) is 6.27. The molecule has 0 aliphatic carbocycles. The zero-order valence-electron chi connectivity index (χ0n) is 16.9. The maximum absolute atomic E-state index is 13.5. The summed E-state index contributed by atoms with van der Waals surface area (Å²) < 4.78 is 13.3. The van der Waals surface area contributed by atoms with Gasteiger partial charge >= 0.3 is 6.03 Å². The molecule has 5 nitrogen and oxygen atoms in total. The summed E-state index contributed by atoms with van der Waals surface area (Å²) >= 11 is 0. The Bertz CT molecular complexity index is 780. The minimum Gasteiger partial charge on any atom is -0.356 e. The Kier molecular flexibility index (Phi) is 4.75. The van der Waals surface area contributed by atoms with Gasteiger partial charge in [0.15, 0.2) is 0 Å². The van der Waals surface area contributed by atoms with E-state index in [1.165, 1.54) is 17.7 Å². The number of fused-ring (bicyclic) bond motifs is 2. The highest BCUT2D eigenvalue weighted by molar-refractivity contribution is 5.85. The second-order valence-electron chi connectivity index (χ2n) is 9.46. The standard InChI is InChI=1S/C23H30FN3O2/c24-18-5-3-16(4-6-18)17-13-19-7-8-20(14-17)27(19)22(29)26-12-2-10-23(15-26)9-1-11-25-21(23)28/h3-6,17,19-20H,1-2,7-15H2,(H,25,28)/t17-,19+,20-,23?. The molecule has 4 aliphatic rings. The van der Waals surface area contributed by atoms with Gasteiger partial charge in [-0.15, -0.1) is 0 Å². The number of hydrogen-bond acceptors (Lipinski definition) is 2. The highest BCUT2D eigenvalue weighted by Crippen LogP contribution is 2.44. The van der Waals surface area contributed by atoms with Gasteiger partial charge in [-0.2, -0.15) is 0 Å². The highest BCUT2D eigenvalue weighted by atomic mass is 19.1. The van der Waals surface area contributed by atoms with Crippen molar-refractivity contribution in [3.63, 3.8) is 0 Å². The zero-order chi connectivity index (χ0) is 20.0. The monoisotopic (exact) mass is 399 g/mol. The first-order valence-corrected chi connectivity index (χ1v) is 11.2. The van der Waals surface area contributed by atoms with E-state index in [0.29, 0.717) is 12.5 Å². The minimum atomic E-state index is -0.377. The van der Waals surface area contributed by atoms with Crippen molar-refractivity contribution >= 4 is 11.9 Å². The molecule has 1 spiro atoms. The third kappa shape index (κ3) is 3.30. The van der Waals surface area contributed by atoms with Crippen LogP contribution in [-0.2, 0) is 4.79 Å². The molecule has 5 rings (SSSR count). The van der Waals surface area contributed by atoms with Crippen LogP contribution >= 0.6 is 0 Å². The summed E-state index contributed by atoms with van der Waals surface area (Å²) in [7, 11) is 0. The molecule has 0 aromatic heterocycles. The summed E-state index contributed by atoms with van der Waals surface area (Å²) in [5, 5.41) is 3.02. The first-order valence-electron chi connectivity index (χ1n) is 11.2. The van der Waals surface area contributed by atoms with Crippen LogP contribution in [0.4, 0.5) is 9.18 Å². The van der Waals surface area contributed by atoms with Crippen molar-refractivity contribution in [3.8, 4) is 0 Å². The molecule has 1 N–H and O–H groups in total. The molecule has 4 fully saturated rings. The first-order chi connectivity index (χ1) is 14.1. The maximum atomic E-state index is 13.5. The summed E-state index contributed by atoms with van der Waals surface area (Å²) in [6, 6.07) is 7.52. The van der Waals surface area contributed by atoms with Crippen LogP contribution in [0.5, 0.6) is 0 Å². The van der Waals surface area contributed by atoms with Crippen molar-refractivity contribution in [1.29, 1.82) is 0 Å². The van der Waals surface area contributed by atoms with Crippen molar-refractivity contribution in [2.24, 2.45) is 5.41 Å². The Balaban J connectivity index is 1.30. The van der Waals surface area contributed by atoms with Crippen molar-refractivity contribution < 1.29 is 14.0 Å². The number of halogens is 1. The lowest BCUT2D eigenvalue weighted by molar-refractivity contribution is -0.136. The molecule has 1 aromatic carbocycles. The Labute approximate surface area is 171 Å². The number of nitrogens with zero attached hydrogens (tertiary/aromatic N) is 2. The number of amides is 3. The number of nitrogens with one attached hydrogen (secondary N) is 1. The highest BCUT2D eigenvalue weighted by Gasteiger charge is 2.49. The Morgan fingerprint density at radius 3 is 2.45 bits per heavy atom. The normalized spacial score (nSPS) is 34.4. The topological polar surface area (TPSA) is 52.7 Å². The quantitative estimate of drug-likeness (QED) is 0.784. The number of urea groups is 1. The summed E-state index contributed by atoms with van der Waals surface area (Å²) in [5.74, 6) is 0.336. The number of carbonyl (C=O) groups is 2. The van der Waals surface area contributed by atoms with E-state index in [9.17, 15) is 14.0 Å². The SMILES string of the molecule is O=C(N1CCCC2(CCCNC2=O)C1)N1[C@@H]2CC[C@H]1C[C@@H](c1ccc(F)cc1)C2. The van der Waals surface area contributed by atoms with Crippen LogP contribution in [0.2, 0.25) is 0 Å². The summed E-state index contributed by atoms with van der Waals surface area (Å²) in [4.78, 5) is 30.2. The molecular weight excluding hydrogens is 369 g/mol. The summed E-state index contributed by atoms with van der Waals surface area (Å²) in [6.07, 6.45) is 7.69. The van der Waals surface area contributed by atoms with Crippen LogP contribution in [0.1, 0.15) is 62.8 Å². The lowest BCUT2D eigenvalue weighted by atomic mass is 9.73. The summed E-state index contributed by atoms with van der Waals surface area (Å²) in [5.41, 5.74) is 0.809. The molecule has 2 bridgehead atoms. The van der Waals surface area contributed by atoms with E-state index in [4.69, 9.17) is 0 Å². The third-order valence-electron chi connectivity index (χ3n) is 7.74. The predicted octanol–water partition coefficient (Wildman–Crippen LogP) is 3.65. The van der Waals surface area contributed by atoms with Gasteiger partial charge in [-0.25, -0.2) is 9.18 Å². The average molecular weight is 400 g/mol. The molecule has 1 unspecified atom stereocenters. The molecule has 1 aromatic rings. The second kappa shape index (κ2) is 7.29. The molecule has 3 amide bonds. The molecule has 4 aliphatic heterocycles. The van der Waals surface area contributed by atoms with Crippen molar-refractivity contribution in [1.82, 2.24) is 15.1 Å². The van der Waals surface area contributed by atoms with Crippen LogP contribution in [0.25, 0.3) is 0 Å². The van der Waals surface area contributed by atoms with E-state index in [2.05, 4.69) is 10.2 Å². The molecule has 0 radical (unpaired) electrons. The predicted molar refractivity (Wildman–Crippen MR) is 108 cm³/mol. The number of piperidine rings is 3. The average Bonchev–Trinajstić information content (AvgIpc) is 3.00. The van der Waals surface area contributed by atoms with Gasteiger partial charge in [0.05, 0.1) is 5.41 Å². The minimum absolute atomic E-state index is 0.132. The lowest BCUT2D eigenvalue weighted by Crippen LogP contribution is -2.59. The van der Waals surface area contributed by atoms with Gasteiger partial charge in [-0.3, -0.25) is 4.79 Å². The molecule has 6 heteroatoms. The van der Waals surface area contributed by atoms with E-state index >= 15 is 0 Å². The van der Waals surface area contributed by atoms with E-state index in [1.54, 1.807) is 0 Å². The number of benzene rings is 1. The van der Waals surface area contributed by atoms with Gasteiger partial charge in [0.2, 0.25) is 5.91 Å². The van der Waals surface area contributed by atoms with E-state index < -0.39 is 0 Å². The van der Waals surface area contributed by atoms with Crippen LogP contribution < -0.4 is 5.32 Å². The Morgan fingerprint density at radius 1 is 1.07 bits per heavy atom. The molecule has 29 heavy (non-hydrogen) atoms. The number of carbonyl (C=O) groups excluding carboxylic acids is 2. The third-order valence-corrected chi connectivity index (χ3v) is 7.74. The smallest absolute Gasteiger partial charge is 0.320 e. The molecule has 0 saturated carbocycles. The molecule has 4 atom stereocenters. The van der Waals surface area contributed by atoms with Gasteiger partial charge in [-0.1, -0.05) is 12.1 Å². The number of rotatable bonds is 1. The van der Waals surface area contributed by atoms with Crippen molar-refractivity contribution in [2.45, 2.75) is 69.4 Å². The lowest BCUT2D eigenvalue weighted by Gasteiger charge is -2.47. The van der Waals surface area contributed by atoms with Gasteiger partial charge in [0, 0.05) is 31.7 Å². The van der Waals surface area contributed by atoms with Crippen LogP contribution in [0.15, 0.2) is 24.3 Å². The van der Waals surface area contributed by atoms with Crippen molar-refractivity contribution in [2.75, 3.05) is 19.6 Å². The zero-order valence-corrected chi connectivity index (χ0v) is 16.9. The number of likely N-dealkylation sites (tertiary alicyclic amines) is 1. The van der Waals surface area contributed by atoms with Crippen LogP contribution in [0, 0.1) is 11.2 Å². The van der Waals surface area contributed by atoms with E-state index in [-0.39, 0.29) is 35.3 Å². The van der Waals surface area contributed by atoms with Gasteiger partial charge < -0.3 is 15.1 Å². The van der Waals surface area contributed by atoms with E-state index in [0.717, 1.165) is 64.5 Å². The van der Waals surface area contributed by atoms with Gasteiger partial charge in [0.1, 0.15) is 5.82 Å². The molecule has 4 saturated heterocycles. The molecule has 4 heterocycles. The molecular formula is C23H30FN3O2. The van der Waals surface area contributed by atoms with Crippen LogP contribution in [0.3, 0.4) is 0 Å². The second-order valence-corrected chi connectivity index (χ2v) is 9.46. The summed E-state index contributed by atoms with van der Waals surface area (Å²) in [6.45, 7) is 2.08. The van der Waals surface area contributed by atoms with Crippen LogP contribution in [-0.4, -0.2) is 53.5 Å². The fraction of sp³-hybridized carbons (Fsp3) is 0.652. The van der Waals surface area contributed by atoms with Gasteiger partial charge in [0.25, 0.3) is 0 Å². The maximum Gasteiger partial charge on any atom is 0.320 e. The Hall–Kier alpha value is -2.11. The van der Waals surface area contributed by atoms with Crippen molar-refractivity contribution in [3.05, 3.63) is 35.6 Å². The number of hydrogen-bond donors (Lipinski definition) is 1. The van der Waals surface area contributed by atoms with Gasteiger partial charge in [-0.05, 0) is 75.0 Å². The largest absolute Gasteiger partial charge is 0.356 e. The molecule has 156 valence electrons. The van der Waals surface area contributed by atoms with E-state index in [1.807, 2.05) is 17.0 Å². The fourth-order valence-electron chi connectivity index (χ4n) is 6.27.